The lowest BCUT2D eigenvalue weighted by Gasteiger charge is -2.08. The van der Waals surface area contributed by atoms with E-state index in [2.05, 4.69) is 17.2 Å². The van der Waals surface area contributed by atoms with Gasteiger partial charge in [-0.1, -0.05) is 26.2 Å². The summed E-state index contributed by atoms with van der Waals surface area (Å²) in [6.45, 7) is 2.23. The lowest BCUT2D eigenvalue weighted by atomic mass is 10.2. The highest BCUT2D eigenvalue weighted by Crippen LogP contribution is 2.22. The molecule has 1 aromatic heterocycles. The van der Waals surface area contributed by atoms with Crippen molar-refractivity contribution >= 4 is 12.1 Å². The Morgan fingerprint density at radius 2 is 2.09 bits per heavy atom. The van der Waals surface area contributed by atoms with Crippen LogP contribution in [0.2, 0.25) is 0 Å². The van der Waals surface area contributed by atoms with Gasteiger partial charge in [0.25, 0.3) is 5.88 Å². The maximum Gasteiger partial charge on any atom is 0.414 e. The first-order chi connectivity index (χ1) is 10.7. The number of ether oxygens (including phenoxy) is 3. The summed E-state index contributed by atoms with van der Waals surface area (Å²) in [6, 6.07) is 3.26. The van der Waals surface area contributed by atoms with Gasteiger partial charge in [-0.2, -0.15) is 0 Å². The summed E-state index contributed by atoms with van der Waals surface area (Å²) >= 11 is 0. The number of aromatic nitrogens is 1. The molecular formula is C15H22N2O5. The molecule has 0 aliphatic heterocycles. The van der Waals surface area contributed by atoms with Gasteiger partial charge in [0, 0.05) is 6.20 Å². The Kier molecular flexibility index (Phi) is 8.40. The van der Waals surface area contributed by atoms with Gasteiger partial charge in [0.15, 0.2) is 5.75 Å². The van der Waals surface area contributed by atoms with Crippen LogP contribution in [-0.2, 0) is 9.53 Å². The zero-order chi connectivity index (χ0) is 16.2. The van der Waals surface area contributed by atoms with E-state index in [1.165, 1.54) is 13.3 Å². The summed E-state index contributed by atoms with van der Waals surface area (Å²) in [4.78, 5) is 26.9. The van der Waals surface area contributed by atoms with Crippen molar-refractivity contribution in [1.82, 2.24) is 10.3 Å². The molecule has 0 aliphatic rings. The van der Waals surface area contributed by atoms with Crippen LogP contribution in [0.5, 0.6) is 11.6 Å². The zero-order valence-electron chi connectivity index (χ0n) is 13.0. The summed E-state index contributed by atoms with van der Waals surface area (Å²) in [5, 5.41) is 2.30. The van der Waals surface area contributed by atoms with E-state index in [0.29, 0.717) is 12.4 Å². The Hall–Kier alpha value is -2.31. The van der Waals surface area contributed by atoms with Crippen LogP contribution in [0.4, 0.5) is 4.79 Å². The van der Waals surface area contributed by atoms with Crippen molar-refractivity contribution in [2.24, 2.45) is 0 Å². The first kappa shape index (κ1) is 17.7. The van der Waals surface area contributed by atoms with E-state index < -0.39 is 12.1 Å². The molecule has 0 spiro atoms. The van der Waals surface area contributed by atoms with Gasteiger partial charge in [-0.3, -0.25) is 4.79 Å². The first-order valence-corrected chi connectivity index (χ1v) is 7.27. The van der Waals surface area contributed by atoms with Crippen molar-refractivity contribution in [3.05, 3.63) is 18.3 Å². The van der Waals surface area contributed by atoms with E-state index in [1.807, 2.05) is 0 Å². The number of hydrogen-bond acceptors (Lipinski definition) is 6. The fraction of sp³-hybridized carbons (Fsp3) is 0.533. The van der Waals surface area contributed by atoms with E-state index in [4.69, 9.17) is 14.2 Å². The quantitative estimate of drug-likeness (QED) is 0.556. The summed E-state index contributed by atoms with van der Waals surface area (Å²) in [5.41, 5.74) is 0. The standard InChI is InChI=1S/C15H22N2O5/c1-3-4-5-6-10-21-13(18)11-17-15(19)22-14-12(20-2)8-7-9-16-14/h7-9H,3-6,10-11H2,1-2H3,(H,17,19). The van der Waals surface area contributed by atoms with Crippen LogP contribution < -0.4 is 14.8 Å². The molecule has 1 N–H and O–H groups in total. The molecule has 0 saturated carbocycles. The Bertz CT molecular complexity index is 479. The smallest absolute Gasteiger partial charge is 0.414 e. The molecule has 22 heavy (non-hydrogen) atoms. The minimum absolute atomic E-state index is 0.0374. The maximum atomic E-state index is 11.6. The number of amides is 1. The fourth-order valence-corrected chi connectivity index (χ4v) is 1.64. The molecule has 1 aromatic rings. The molecule has 1 rings (SSSR count). The summed E-state index contributed by atoms with van der Waals surface area (Å²) in [6.07, 6.45) is 4.77. The number of pyridine rings is 1. The highest BCUT2D eigenvalue weighted by Gasteiger charge is 2.12. The lowest BCUT2D eigenvalue weighted by Crippen LogP contribution is -2.33. The summed E-state index contributed by atoms with van der Waals surface area (Å²) < 4.78 is 14.9. The van der Waals surface area contributed by atoms with Crippen molar-refractivity contribution < 1.29 is 23.8 Å². The highest BCUT2D eigenvalue weighted by atomic mass is 16.6. The molecule has 0 saturated heterocycles. The second-order valence-corrected chi connectivity index (χ2v) is 4.54. The largest absolute Gasteiger partial charge is 0.491 e. The molecule has 0 unspecified atom stereocenters. The van der Waals surface area contributed by atoms with Crippen molar-refractivity contribution in [3.63, 3.8) is 0 Å². The SMILES string of the molecule is CCCCCCOC(=O)CNC(=O)Oc1ncccc1OC. The van der Waals surface area contributed by atoms with Crippen LogP contribution in [0, 0.1) is 0 Å². The number of rotatable bonds is 9. The van der Waals surface area contributed by atoms with Crippen molar-refractivity contribution in [3.8, 4) is 11.6 Å². The van der Waals surface area contributed by atoms with Gasteiger partial charge in [-0.15, -0.1) is 0 Å². The zero-order valence-corrected chi connectivity index (χ0v) is 13.0. The molecule has 0 fully saturated rings. The second-order valence-electron chi connectivity index (χ2n) is 4.54. The third kappa shape index (κ3) is 6.92. The van der Waals surface area contributed by atoms with E-state index >= 15 is 0 Å². The van der Waals surface area contributed by atoms with Gasteiger partial charge in [0.05, 0.1) is 13.7 Å². The number of esters is 1. The van der Waals surface area contributed by atoms with E-state index in [1.54, 1.807) is 12.1 Å². The molecule has 0 atom stereocenters. The van der Waals surface area contributed by atoms with E-state index in [9.17, 15) is 9.59 Å². The maximum absolute atomic E-state index is 11.6. The number of methoxy groups -OCH3 is 1. The van der Waals surface area contributed by atoms with Crippen LogP contribution in [0.1, 0.15) is 32.6 Å². The topological polar surface area (TPSA) is 86.8 Å². The van der Waals surface area contributed by atoms with Gasteiger partial charge in [0.1, 0.15) is 6.54 Å². The van der Waals surface area contributed by atoms with E-state index in [-0.39, 0.29) is 12.4 Å². The van der Waals surface area contributed by atoms with Crippen LogP contribution in [0.25, 0.3) is 0 Å². The lowest BCUT2D eigenvalue weighted by molar-refractivity contribution is -0.142. The number of hydrogen-bond donors (Lipinski definition) is 1. The molecule has 7 heteroatoms. The molecule has 7 nitrogen and oxygen atoms in total. The molecule has 122 valence electrons. The molecule has 1 heterocycles. The molecular weight excluding hydrogens is 288 g/mol. The average molecular weight is 310 g/mol. The number of carbonyl (C=O) groups excluding carboxylic acids is 2. The third-order valence-corrected chi connectivity index (χ3v) is 2.78. The molecule has 0 aromatic carbocycles. The summed E-state index contributed by atoms with van der Waals surface area (Å²) in [5.74, 6) is -0.131. The Balaban J connectivity index is 2.24. The minimum Gasteiger partial charge on any atom is -0.491 e. The van der Waals surface area contributed by atoms with Gasteiger partial charge in [-0.05, 0) is 18.6 Å². The van der Waals surface area contributed by atoms with Crippen molar-refractivity contribution in [2.75, 3.05) is 20.3 Å². The number of nitrogens with zero attached hydrogens (tertiary/aromatic N) is 1. The van der Waals surface area contributed by atoms with Crippen molar-refractivity contribution in [2.45, 2.75) is 32.6 Å². The van der Waals surface area contributed by atoms with Crippen LogP contribution in [0.15, 0.2) is 18.3 Å². The highest BCUT2D eigenvalue weighted by molar-refractivity contribution is 5.78. The van der Waals surface area contributed by atoms with Crippen molar-refractivity contribution in [1.29, 1.82) is 0 Å². The predicted molar refractivity (Wildman–Crippen MR) is 79.9 cm³/mol. The van der Waals surface area contributed by atoms with Gasteiger partial charge in [-0.25, -0.2) is 9.78 Å². The monoisotopic (exact) mass is 310 g/mol. The molecule has 1 amide bonds. The molecule has 0 radical (unpaired) electrons. The van der Waals surface area contributed by atoms with Crippen LogP contribution >= 0.6 is 0 Å². The van der Waals surface area contributed by atoms with Crippen LogP contribution in [-0.4, -0.2) is 37.3 Å². The Morgan fingerprint density at radius 3 is 2.82 bits per heavy atom. The summed E-state index contributed by atoms with van der Waals surface area (Å²) in [7, 11) is 1.44. The molecule has 0 bridgehead atoms. The third-order valence-electron chi connectivity index (χ3n) is 2.78. The average Bonchev–Trinajstić information content (AvgIpc) is 2.53. The number of unbranched alkanes of at least 4 members (excludes halogenated alkanes) is 3. The minimum atomic E-state index is -0.792. The van der Waals surface area contributed by atoms with Crippen LogP contribution in [0.3, 0.4) is 0 Å². The Morgan fingerprint density at radius 1 is 1.27 bits per heavy atom. The second kappa shape index (κ2) is 10.4. The number of nitrogens with one attached hydrogen (secondary N) is 1. The van der Waals surface area contributed by atoms with Gasteiger partial charge >= 0.3 is 12.1 Å². The fourth-order valence-electron chi connectivity index (χ4n) is 1.64. The van der Waals surface area contributed by atoms with Gasteiger partial charge in [0.2, 0.25) is 0 Å². The molecule has 0 aliphatic carbocycles. The first-order valence-electron chi connectivity index (χ1n) is 7.27. The number of carbonyl (C=O) groups is 2. The Labute approximate surface area is 130 Å². The van der Waals surface area contributed by atoms with E-state index in [0.717, 1.165) is 25.7 Å². The predicted octanol–water partition coefficient (Wildman–Crippen LogP) is 2.30. The van der Waals surface area contributed by atoms with Gasteiger partial charge < -0.3 is 19.5 Å². The normalized spacial score (nSPS) is 9.91.